The fourth-order valence-electron chi connectivity index (χ4n) is 1.25. The van der Waals surface area contributed by atoms with Crippen LogP contribution < -0.4 is 0 Å². The first kappa shape index (κ1) is 16.2. The van der Waals surface area contributed by atoms with Crippen molar-refractivity contribution in [1.29, 1.82) is 0 Å². The van der Waals surface area contributed by atoms with Crippen molar-refractivity contribution in [2.75, 3.05) is 20.1 Å². The minimum atomic E-state index is -0.404. The van der Waals surface area contributed by atoms with Gasteiger partial charge in [0.2, 0.25) is 0 Å². The molecule has 100 valence electrons. The smallest absolute Gasteiger partial charge is 0.320 e. The summed E-state index contributed by atoms with van der Waals surface area (Å²) in [4.78, 5) is 13.6. The topological polar surface area (TPSA) is 29.5 Å². The normalized spacial score (nSPS) is 12.6. The first-order valence-electron chi connectivity index (χ1n) is 6.10. The zero-order valence-electron chi connectivity index (χ0n) is 12.2. The molecule has 17 heavy (non-hydrogen) atoms. The lowest BCUT2D eigenvalue weighted by atomic mass is 9.89. The van der Waals surface area contributed by atoms with Gasteiger partial charge in [0, 0.05) is 0 Å². The zero-order chi connectivity index (χ0) is 13.7. The third-order valence-electron chi connectivity index (χ3n) is 2.51. The Hall–Kier alpha value is -0.830. The van der Waals surface area contributed by atoms with E-state index < -0.39 is 5.60 Å². The van der Waals surface area contributed by atoms with Gasteiger partial charge in [-0.2, -0.15) is 0 Å². The highest BCUT2D eigenvalue weighted by molar-refractivity contribution is 5.72. The lowest BCUT2D eigenvalue weighted by molar-refractivity contribution is -0.155. The summed E-state index contributed by atoms with van der Waals surface area (Å²) in [5, 5.41) is 0. The van der Waals surface area contributed by atoms with E-state index in [0.29, 0.717) is 6.54 Å². The van der Waals surface area contributed by atoms with E-state index in [1.54, 1.807) is 0 Å². The molecule has 0 unspecified atom stereocenters. The van der Waals surface area contributed by atoms with Crippen molar-refractivity contribution in [2.24, 2.45) is 5.41 Å². The molecule has 0 bridgehead atoms. The quantitative estimate of drug-likeness (QED) is 0.529. The Morgan fingerprint density at radius 3 is 2.24 bits per heavy atom. The van der Waals surface area contributed by atoms with E-state index >= 15 is 0 Å². The molecule has 0 radical (unpaired) electrons. The van der Waals surface area contributed by atoms with Gasteiger partial charge in [0.1, 0.15) is 5.60 Å². The minimum Gasteiger partial charge on any atom is -0.459 e. The second kappa shape index (κ2) is 6.20. The fraction of sp³-hybridized carbons (Fsp3) is 0.786. The number of hydrogen-bond donors (Lipinski definition) is 0. The van der Waals surface area contributed by atoms with Gasteiger partial charge in [0.25, 0.3) is 0 Å². The summed E-state index contributed by atoms with van der Waals surface area (Å²) in [6.45, 7) is 14.9. The lowest BCUT2D eigenvalue weighted by Crippen LogP contribution is -2.34. The standard InChI is InChI=1S/C14H27NO2/c1-8-14(5,6)9-10-15(7)11-12(16)17-13(2,3)4/h8H,1,9-11H2,2-7H3. The van der Waals surface area contributed by atoms with Crippen LogP contribution in [0, 0.1) is 5.41 Å². The Bertz CT molecular complexity index is 264. The maximum atomic E-state index is 11.6. The SMILES string of the molecule is C=CC(C)(C)CCN(C)CC(=O)OC(C)(C)C. The zero-order valence-corrected chi connectivity index (χ0v) is 12.2. The Morgan fingerprint density at radius 2 is 1.82 bits per heavy atom. The first-order chi connectivity index (χ1) is 7.56. The third kappa shape index (κ3) is 8.93. The van der Waals surface area contributed by atoms with Gasteiger partial charge >= 0.3 is 5.97 Å². The summed E-state index contributed by atoms with van der Waals surface area (Å²) >= 11 is 0. The second-order valence-electron chi connectivity index (χ2n) is 6.27. The highest BCUT2D eigenvalue weighted by atomic mass is 16.6. The van der Waals surface area contributed by atoms with Crippen LogP contribution in [0.3, 0.4) is 0 Å². The maximum absolute atomic E-state index is 11.6. The number of nitrogens with zero attached hydrogens (tertiary/aromatic N) is 1. The number of ether oxygens (including phenoxy) is 1. The molecule has 0 heterocycles. The third-order valence-corrected chi connectivity index (χ3v) is 2.51. The minimum absolute atomic E-state index is 0.113. The van der Waals surface area contributed by atoms with Crippen LogP contribution in [0.25, 0.3) is 0 Å². The van der Waals surface area contributed by atoms with Gasteiger partial charge in [-0.25, -0.2) is 0 Å². The molecule has 3 heteroatoms. The van der Waals surface area contributed by atoms with E-state index in [4.69, 9.17) is 4.74 Å². The molecule has 0 fully saturated rings. The second-order valence-corrected chi connectivity index (χ2v) is 6.27. The molecular formula is C14H27NO2. The summed E-state index contributed by atoms with van der Waals surface area (Å²) in [6, 6.07) is 0. The molecule has 0 N–H and O–H groups in total. The Kier molecular flexibility index (Phi) is 5.89. The summed E-state index contributed by atoms with van der Waals surface area (Å²) in [5.41, 5.74) is -0.291. The molecule has 0 aliphatic carbocycles. The Labute approximate surface area is 106 Å². The highest BCUT2D eigenvalue weighted by Crippen LogP contribution is 2.21. The van der Waals surface area contributed by atoms with Crippen LogP contribution in [0.2, 0.25) is 0 Å². The van der Waals surface area contributed by atoms with Gasteiger partial charge in [0.15, 0.2) is 0 Å². The molecule has 0 atom stereocenters. The van der Waals surface area contributed by atoms with Crippen molar-refractivity contribution in [2.45, 2.75) is 46.6 Å². The van der Waals surface area contributed by atoms with E-state index in [1.807, 2.05) is 38.8 Å². The van der Waals surface area contributed by atoms with E-state index in [9.17, 15) is 4.79 Å². The average molecular weight is 241 g/mol. The number of esters is 1. The molecule has 0 saturated heterocycles. The molecule has 0 rings (SSSR count). The monoisotopic (exact) mass is 241 g/mol. The molecule has 3 nitrogen and oxygen atoms in total. The number of hydrogen-bond acceptors (Lipinski definition) is 3. The molecule has 0 aliphatic heterocycles. The number of likely N-dealkylation sites (N-methyl/N-ethyl adjacent to an activating group) is 1. The summed E-state index contributed by atoms with van der Waals surface area (Å²) in [5.74, 6) is -0.170. The van der Waals surface area contributed by atoms with Crippen molar-refractivity contribution in [1.82, 2.24) is 4.90 Å². The van der Waals surface area contributed by atoms with E-state index in [2.05, 4.69) is 20.4 Å². The molecule has 0 aromatic heterocycles. The Balaban J connectivity index is 3.99. The molecule has 0 aromatic carbocycles. The van der Waals surface area contributed by atoms with Gasteiger partial charge in [-0.15, -0.1) is 6.58 Å². The van der Waals surface area contributed by atoms with Gasteiger partial charge in [-0.05, 0) is 46.2 Å². The van der Waals surface area contributed by atoms with Gasteiger partial charge < -0.3 is 4.74 Å². The van der Waals surface area contributed by atoms with Crippen LogP contribution in [0.4, 0.5) is 0 Å². The number of rotatable bonds is 6. The van der Waals surface area contributed by atoms with E-state index in [1.165, 1.54) is 0 Å². The van der Waals surface area contributed by atoms with Gasteiger partial charge in [0.05, 0.1) is 6.54 Å². The Morgan fingerprint density at radius 1 is 1.29 bits per heavy atom. The number of carbonyl (C=O) groups excluding carboxylic acids is 1. The van der Waals surface area contributed by atoms with Gasteiger partial charge in [-0.3, -0.25) is 9.69 Å². The van der Waals surface area contributed by atoms with Crippen LogP contribution in [-0.2, 0) is 9.53 Å². The predicted molar refractivity (Wildman–Crippen MR) is 71.9 cm³/mol. The molecule has 0 aliphatic rings. The average Bonchev–Trinajstić information content (AvgIpc) is 2.12. The molecule has 0 amide bonds. The number of carbonyl (C=O) groups is 1. The van der Waals surface area contributed by atoms with E-state index in [-0.39, 0.29) is 11.4 Å². The van der Waals surface area contributed by atoms with Crippen molar-refractivity contribution >= 4 is 5.97 Å². The highest BCUT2D eigenvalue weighted by Gasteiger charge is 2.19. The molecule has 0 saturated carbocycles. The van der Waals surface area contributed by atoms with Crippen molar-refractivity contribution in [3.05, 3.63) is 12.7 Å². The van der Waals surface area contributed by atoms with Crippen LogP contribution in [0.15, 0.2) is 12.7 Å². The molecule has 0 aromatic rings. The fourth-order valence-corrected chi connectivity index (χ4v) is 1.25. The summed E-state index contributed by atoms with van der Waals surface area (Å²) in [7, 11) is 1.93. The van der Waals surface area contributed by atoms with Gasteiger partial charge in [-0.1, -0.05) is 19.9 Å². The van der Waals surface area contributed by atoms with Crippen molar-refractivity contribution in [3.8, 4) is 0 Å². The van der Waals surface area contributed by atoms with Crippen LogP contribution in [0.1, 0.15) is 41.0 Å². The van der Waals surface area contributed by atoms with Crippen molar-refractivity contribution < 1.29 is 9.53 Å². The maximum Gasteiger partial charge on any atom is 0.320 e. The van der Waals surface area contributed by atoms with Crippen LogP contribution in [-0.4, -0.2) is 36.6 Å². The van der Waals surface area contributed by atoms with Crippen molar-refractivity contribution in [3.63, 3.8) is 0 Å². The van der Waals surface area contributed by atoms with Crippen LogP contribution in [0.5, 0.6) is 0 Å². The van der Waals surface area contributed by atoms with E-state index in [0.717, 1.165) is 13.0 Å². The van der Waals surface area contributed by atoms with Crippen LogP contribution >= 0.6 is 0 Å². The lowest BCUT2D eigenvalue weighted by Gasteiger charge is -2.25. The molecule has 0 spiro atoms. The molecular weight excluding hydrogens is 214 g/mol. The first-order valence-corrected chi connectivity index (χ1v) is 6.10. The number of allylic oxidation sites excluding steroid dienone is 1. The largest absolute Gasteiger partial charge is 0.459 e. The predicted octanol–water partition coefficient (Wildman–Crippen LogP) is 2.86. The summed E-state index contributed by atoms with van der Waals surface area (Å²) in [6.07, 6.45) is 2.93. The summed E-state index contributed by atoms with van der Waals surface area (Å²) < 4.78 is 5.27.